The molecule has 0 radical (unpaired) electrons. The number of benzene rings is 1. The first-order chi connectivity index (χ1) is 12.6. The summed E-state index contributed by atoms with van der Waals surface area (Å²) in [5, 5.41) is 29.1. The van der Waals surface area contributed by atoms with Crippen molar-refractivity contribution >= 4 is 23.2 Å². The predicted octanol–water partition coefficient (Wildman–Crippen LogP) is 1.22. The van der Waals surface area contributed by atoms with Gasteiger partial charge in [0.2, 0.25) is 0 Å². The van der Waals surface area contributed by atoms with Crippen LogP contribution in [0.2, 0.25) is 0 Å². The van der Waals surface area contributed by atoms with Crippen LogP contribution in [0.25, 0.3) is 11.0 Å². The van der Waals surface area contributed by atoms with E-state index in [-0.39, 0.29) is 22.4 Å². The number of hydrogen-bond acceptors (Lipinski definition) is 5. The maximum Gasteiger partial charge on any atom is 0.352 e. The van der Waals surface area contributed by atoms with Crippen molar-refractivity contribution < 1.29 is 14.3 Å². The average molecular weight is 351 g/mol. The molecule has 1 aromatic carbocycles. The van der Waals surface area contributed by atoms with Gasteiger partial charge in [-0.15, -0.1) is 4.73 Å². The minimum Gasteiger partial charge on any atom is -0.618 e. The van der Waals surface area contributed by atoms with Gasteiger partial charge in [-0.2, -0.15) is 9.83 Å². The number of para-hydroxylation sites is 2. The lowest BCUT2D eigenvalue weighted by atomic mass is 10.1. The summed E-state index contributed by atoms with van der Waals surface area (Å²) in [5.41, 5.74) is 3.06. The molecule has 1 N–H and O–H groups in total. The lowest BCUT2D eigenvalue weighted by molar-refractivity contribution is -0.636. The Morgan fingerprint density at radius 2 is 1.85 bits per heavy atom. The number of hydrazone groups is 1. The van der Waals surface area contributed by atoms with Crippen LogP contribution in [0.15, 0.2) is 53.8 Å². The van der Waals surface area contributed by atoms with Gasteiger partial charge in [0.25, 0.3) is 16.7 Å². The van der Waals surface area contributed by atoms with Crippen molar-refractivity contribution in [2.24, 2.45) is 5.10 Å². The summed E-state index contributed by atoms with van der Waals surface area (Å²) in [6, 6.07) is 11.6. The molecule has 0 atom stereocenters. The zero-order valence-corrected chi connectivity index (χ0v) is 14.1. The monoisotopic (exact) mass is 351 g/mol. The van der Waals surface area contributed by atoms with Crippen molar-refractivity contribution in [2.45, 2.75) is 19.8 Å². The molecule has 26 heavy (non-hydrogen) atoms. The van der Waals surface area contributed by atoms with Crippen LogP contribution in [-0.2, 0) is 6.42 Å². The van der Waals surface area contributed by atoms with Crippen LogP contribution < -0.4 is 14.9 Å². The van der Waals surface area contributed by atoms with E-state index in [9.17, 15) is 15.2 Å². The number of nitrogens with one attached hydrogen (secondary N) is 1. The second-order valence-corrected chi connectivity index (χ2v) is 5.58. The smallest absolute Gasteiger partial charge is 0.352 e. The standard InChI is InChI=1S/C18H17N5O3/c1-2-7-16-17(18(24)21-20-12-13-8-5-6-11-19-13)23(26)15-10-4-3-9-14(15)22(16)25/h3-6,8-12H,2,7H2,1H3,(H,21,24)/b20-12+. The molecule has 1 amide bonds. The van der Waals surface area contributed by atoms with Crippen molar-refractivity contribution in [3.8, 4) is 0 Å². The summed E-state index contributed by atoms with van der Waals surface area (Å²) < 4.78 is 1.13. The zero-order chi connectivity index (χ0) is 18.5. The number of nitrogens with zero attached hydrogens (tertiary/aromatic N) is 4. The summed E-state index contributed by atoms with van der Waals surface area (Å²) in [7, 11) is 0. The van der Waals surface area contributed by atoms with Crippen molar-refractivity contribution in [2.75, 3.05) is 0 Å². The Balaban J connectivity index is 1.99. The van der Waals surface area contributed by atoms with Crippen LogP contribution in [0.5, 0.6) is 0 Å². The van der Waals surface area contributed by atoms with E-state index in [1.165, 1.54) is 12.3 Å². The molecule has 0 saturated carbocycles. The third kappa shape index (κ3) is 3.30. The SMILES string of the molecule is CCCc1c(C(=O)N/N=C/c2ccccn2)[n+]([O-])c2ccccc2[n+]1[O-]. The van der Waals surface area contributed by atoms with Crippen LogP contribution in [-0.4, -0.2) is 17.1 Å². The second-order valence-electron chi connectivity index (χ2n) is 5.58. The molecular weight excluding hydrogens is 334 g/mol. The van der Waals surface area contributed by atoms with E-state index in [1.807, 2.05) is 6.92 Å². The number of rotatable bonds is 5. The van der Waals surface area contributed by atoms with Crippen molar-refractivity contribution in [3.05, 3.63) is 76.2 Å². The maximum absolute atomic E-state index is 12.7. The summed E-state index contributed by atoms with van der Waals surface area (Å²) in [6.07, 6.45) is 3.86. The van der Waals surface area contributed by atoms with Crippen LogP contribution in [0, 0.1) is 10.4 Å². The Hall–Kier alpha value is -3.55. The minimum absolute atomic E-state index is 0.117. The Labute approximate surface area is 149 Å². The van der Waals surface area contributed by atoms with Gasteiger partial charge in [0.05, 0.1) is 11.9 Å². The highest BCUT2D eigenvalue weighted by molar-refractivity contribution is 5.93. The van der Waals surface area contributed by atoms with E-state index in [0.717, 1.165) is 0 Å². The van der Waals surface area contributed by atoms with Gasteiger partial charge >= 0.3 is 11.6 Å². The van der Waals surface area contributed by atoms with Gasteiger partial charge in [0, 0.05) is 24.8 Å². The zero-order valence-electron chi connectivity index (χ0n) is 14.1. The Bertz CT molecular complexity index is 973. The van der Waals surface area contributed by atoms with Crippen molar-refractivity contribution in [1.82, 2.24) is 10.4 Å². The van der Waals surface area contributed by atoms with Gasteiger partial charge in [-0.3, -0.25) is 9.78 Å². The number of amides is 1. The van der Waals surface area contributed by atoms with Crippen LogP contribution in [0.1, 0.15) is 35.2 Å². The highest BCUT2D eigenvalue weighted by Crippen LogP contribution is 2.11. The third-order valence-corrected chi connectivity index (χ3v) is 3.79. The third-order valence-electron chi connectivity index (χ3n) is 3.79. The molecule has 3 aromatic rings. The molecule has 8 heteroatoms. The van der Waals surface area contributed by atoms with Crippen molar-refractivity contribution in [1.29, 1.82) is 0 Å². The molecule has 0 aliphatic rings. The van der Waals surface area contributed by atoms with Crippen molar-refractivity contribution in [3.63, 3.8) is 0 Å². The van der Waals surface area contributed by atoms with E-state index in [4.69, 9.17) is 0 Å². The fourth-order valence-electron chi connectivity index (χ4n) is 2.63. The lowest BCUT2D eigenvalue weighted by Crippen LogP contribution is -2.49. The molecule has 132 valence electrons. The molecule has 0 fully saturated rings. The van der Waals surface area contributed by atoms with Gasteiger partial charge in [0.15, 0.2) is 0 Å². The number of aromatic nitrogens is 3. The maximum atomic E-state index is 12.7. The van der Waals surface area contributed by atoms with Gasteiger partial charge in [0.1, 0.15) is 0 Å². The Kier molecular flexibility index (Phi) is 5.02. The van der Waals surface area contributed by atoms with Gasteiger partial charge < -0.3 is 10.4 Å². The van der Waals surface area contributed by atoms with E-state index in [2.05, 4.69) is 15.5 Å². The molecule has 0 aliphatic heterocycles. The molecule has 2 heterocycles. The lowest BCUT2D eigenvalue weighted by Gasteiger charge is -2.11. The van der Waals surface area contributed by atoms with Gasteiger partial charge in [-0.1, -0.05) is 25.1 Å². The molecule has 8 nitrogen and oxygen atoms in total. The number of fused-ring (bicyclic) bond motifs is 1. The predicted molar refractivity (Wildman–Crippen MR) is 95.2 cm³/mol. The quantitative estimate of drug-likeness (QED) is 0.323. The molecule has 0 saturated heterocycles. The first-order valence-electron chi connectivity index (χ1n) is 8.14. The van der Waals surface area contributed by atoms with Gasteiger partial charge in [-0.25, -0.2) is 5.43 Å². The molecule has 3 rings (SSSR count). The van der Waals surface area contributed by atoms with E-state index in [0.29, 0.717) is 28.0 Å². The average Bonchev–Trinajstić information content (AvgIpc) is 2.67. The van der Waals surface area contributed by atoms with E-state index in [1.54, 1.807) is 42.6 Å². The minimum atomic E-state index is -0.744. The number of pyridine rings is 1. The molecule has 2 aromatic heterocycles. The second kappa shape index (κ2) is 7.56. The molecule has 0 unspecified atom stereocenters. The number of carbonyl (C=O) groups excluding carboxylic acids is 1. The summed E-state index contributed by atoms with van der Waals surface area (Å²) in [4.78, 5) is 16.6. The number of carbonyl (C=O) groups is 1. The molecule has 0 bridgehead atoms. The Morgan fingerprint density at radius 1 is 1.15 bits per heavy atom. The first kappa shape index (κ1) is 17.3. The van der Waals surface area contributed by atoms with E-state index >= 15 is 0 Å². The van der Waals surface area contributed by atoms with Crippen LogP contribution >= 0.6 is 0 Å². The summed E-state index contributed by atoms with van der Waals surface area (Å²) in [6.45, 7) is 1.87. The highest BCUT2D eigenvalue weighted by atomic mass is 16.5. The fourth-order valence-corrected chi connectivity index (χ4v) is 2.63. The Morgan fingerprint density at radius 3 is 2.50 bits per heavy atom. The fraction of sp³-hybridized carbons (Fsp3) is 0.167. The molecular formula is C18H17N5O3. The van der Waals surface area contributed by atoms with Crippen LogP contribution in [0.3, 0.4) is 0 Å². The first-order valence-corrected chi connectivity index (χ1v) is 8.14. The largest absolute Gasteiger partial charge is 0.618 e. The van der Waals surface area contributed by atoms with E-state index < -0.39 is 5.91 Å². The summed E-state index contributed by atoms with van der Waals surface area (Å²) in [5.74, 6) is -0.744. The molecule has 0 spiro atoms. The highest BCUT2D eigenvalue weighted by Gasteiger charge is 2.32. The topological polar surface area (TPSA) is 108 Å². The van der Waals surface area contributed by atoms with Crippen LogP contribution in [0.4, 0.5) is 0 Å². The normalized spacial score (nSPS) is 11.1. The molecule has 0 aliphatic carbocycles. The summed E-state index contributed by atoms with van der Waals surface area (Å²) >= 11 is 0. The number of hydrogen-bond donors (Lipinski definition) is 1. The van der Waals surface area contributed by atoms with Gasteiger partial charge in [-0.05, 0) is 18.6 Å².